The third kappa shape index (κ3) is 6.96. The van der Waals surface area contributed by atoms with Crippen LogP contribution in [0.15, 0.2) is 60.7 Å². The van der Waals surface area contributed by atoms with Crippen LogP contribution in [0.25, 0.3) is 0 Å². The average Bonchev–Trinajstić information content (AvgIpc) is 2.75. The quantitative estimate of drug-likeness (QED) is 0.540. The number of carboxylic acid groups (broad SMARTS) is 1. The van der Waals surface area contributed by atoms with Crippen LogP contribution in [0.4, 0.5) is 10.5 Å². The number of nitriles is 1. The summed E-state index contributed by atoms with van der Waals surface area (Å²) in [5, 5.41) is 29.2. The first-order chi connectivity index (χ1) is 14.4. The van der Waals surface area contributed by atoms with Crippen LogP contribution in [-0.2, 0) is 9.53 Å². The first-order valence-corrected chi connectivity index (χ1v) is 9.15. The molecule has 0 saturated carbocycles. The number of carbonyl (C=O) groups is 2. The highest BCUT2D eigenvalue weighted by atomic mass is 16.6. The lowest BCUT2D eigenvalue weighted by Gasteiger charge is -2.23. The Bertz CT molecular complexity index is 916. The molecule has 0 radical (unpaired) electrons. The maximum Gasteiger partial charge on any atom is 0.412 e. The number of anilines is 1. The molecule has 0 fully saturated rings. The van der Waals surface area contributed by atoms with Crippen LogP contribution in [0.3, 0.4) is 0 Å². The molecule has 0 bridgehead atoms. The van der Waals surface area contributed by atoms with Gasteiger partial charge in [0.1, 0.15) is 18.5 Å². The summed E-state index contributed by atoms with van der Waals surface area (Å²) in [6.07, 6.45) is 0.961. The Morgan fingerprint density at radius 3 is 2.40 bits per heavy atom. The Labute approximate surface area is 174 Å². The third-order valence-corrected chi connectivity index (χ3v) is 4.08. The van der Waals surface area contributed by atoms with Crippen LogP contribution in [0.5, 0.6) is 5.75 Å². The van der Waals surface area contributed by atoms with E-state index in [9.17, 15) is 9.59 Å². The van der Waals surface area contributed by atoms with Crippen molar-refractivity contribution >= 4 is 17.7 Å². The van der Waals surface area contributed by atoms with E-state index in [1.807, 2.05) is 6.07 Å². The van der Waals surface area contributed by atoms with Crippen molar-refractivity contribution in [1.29, 1.82) is 5.26 Å². The third-order valence-electron chi connectivity index (χ3n) is 4.08. The molecule has 0 spiro atoms. The molecule has 2 atom stereocenters. The molecule has 0 unspecified atom stereocenters. The van der Waals surface area contributed by atoms with Crippen LogP contribution in [0, 0.1) is 17.2 Å². The molecular formula is C22H22N2O6. The number of aliphatic hydroxyl groups excluding tert-OH is 1. The van der Waals surface area contributed by atoms with Gasteiger partial charge in [-0.2, -0.15) is 5.26 Å². The summed E-state index contributed by atoms with van der Waals surface area (Å²) in [6.45, 7) is 1.78. The molecular weight excluding hydrogens is 388 g/mol. The fourth-order valence-electron chi connectivity index (χ4n) is 2.62. The number of nitrogens with one attached hydrogen (secondary N) is 1. The van der Waals surface area contributed by atoms with E-state index >= 15 is 0 Å². The van der Waals surface area contributed by atoms with Gasteiger partial charge in [0.2, 0.25) is 0 Å². The lowest BCUT2D eigenvalue weighted by molar-refractivity contribution is -0.131. The van der Waals surface area contributed by atoms with Gasteiger partial charge in [0, 0.05) is 17.7 Å². The van der Waals surface area contributed by atoms with Crippen molar-refractivity contribution in [2.45, 2.75) is 13.0 Å². The summed E-state index contributed by atoms with van der Waals surface area (Å²) in [7, 11) is 0. The molecule has 2 aromatic rings. The predicted octanol–water partition coefficient (Wildman–Crippen LogP) is 3.50. The molecule has 0 saturated heterocycles. The van der Waals surface area contributed by atoms with E-state index in [4.69, 9.17) is 24.9 Å². The van der Waals surface area contributed by atoms with Gasteiger partial charge in [0.05, 0.1) is 18.2 Å². The molecule has 1 amide bonds. The summed E-state index contributed by atoms with van der Waals surface area (Å²) in [5.74, 6) is -0.991. The molecule has 8 heteroatoms. The molecule has 0 aliphatic rings. The van der Waals surface area contributed by atoms with Crippen LogP contribution in [-0.4, -0.2) is 35.5 Å². The average molecular weight is 410 g/mol. The number of benzene rings is 2. The van der Waals surface area contributed by atoms with E-state index in [1.165, 1.54) is 6.08 Å². The van der Waals surface area contributed by atoms with Gasteiger partial charge >= 0.3 is 12.1 Å². The number of rotatable bonds is 9. The monoisotopic (exact) mass is 410 g/mol. The highest BCUT2D eigenvalue weighted by molar-refractivity contribution is 5.85. The van der Waals surface area contributed by atoms with Crippen LogP contribution < -0.4 is 10.1 Å². The SMILES string of the molecule is C[C@@H](/C=C/C(=O)O)[C@@H](OC(=O)Nc1ccc(C#N)cc1)c1ccc(OCCO)cc1. The van der Waals surface area contributed by atoms with Crippen LogP contribution in [0.2, 0.25) is 0 Å². The molecule has 0 aliphatic heterocycles. The molecule has 30 heavy (non-hydrogen) atoms. The second-order valence-corrected chi connectivity index (χ2v) is 6.34. The standard InChI is InChI=1S/C22H22N2O6/c1-15(2-11-20(26)27)21(17-5-9-19(10-6-17)29-13-12-25)30-22(28)24-18-7-3-16(14-23)4-8-18/h2-11,15,21,25H,12-13H2,1H3,(H,24,28)(H,26,27)/b11-2+/t15-,21+/m0/s1. The molecule has 0 aromatic heterocycles. The molecule has 156 valence electrons. The smallest absolute Gasteiger partial charge is 0.412 e. The van der Waals surface area contributed by atoms with Gasteiger partial charge < -0.3 is 19.7 Å². The number of hydrogen-bond donors (Lipinski definition) is 3. The molecule has 2 aromatic carbocycles. The number of nitrogens with zero attached hydrogens (tertiary/aromatic N) is 1. The Morgan fingerprint density at radius 2 is 1.83 bits per heavy atom. The number of hydrogen-bond acceptors (Lipinski definition) is 6. The van der Waals surface area contributed by atoms with Gasteiger partial charge in [-0.05, 0) is 42.0 Å². The van der Waals surface area contributed by atoms with Crippen molar-refractivity contribution in [1.82, 2.24) is 0 Å². The second kappa shape index (κ2) is 11.2. The van der Waals surface area contributed by atoms with Gasteiger partial charge in [-0.3, -0.25) is 5.32 Å². The highest BCUT2D eigenvalue weighted by Crippen LogP contribution is 2.29. The number of aliphatic carboxylic acids is 1. The summed E-state index contributed by atoms with van der Waals surface area (Å²) in [4.78, 5) is 23.3. The Kier molecular flexibility index (Phi) is 8.41. The van der Waals surface area contributed by atoms with Gasteiger partial charge in [-0.1, -0.05) is 25.1 Å². The summed E-state index contributed by atoms with van der Waals surface area (Å²) in [5.41, 5.74) is 1.56. The van der Waals surface area contributed by atoms with E-state index in [0.29, 0.717) is 22.6 Å². The minimum atomic E-state index is -1.10. The van der Waals surface area contributed by atoms with Gasteiger partial charge in [-0.15, -0.1) is 0 Å². The molecule has 2 rings (SSSR count). The normalized spacial score (nSPS) is 12.6. The fourth-order valence-corrected chi connectivity index (χ4v) is 2.62. The van der Waals surface area contributed by atoms with Gasteiger partial charge in [-0.25, -0.2) is 9.59 Å². The Balaban J connectivity index is 2.16. The summed E-state index contributed by atoms with van der Waals surface area (Å²) < 4.78 is 10.9. The summed E-state index contributed by atoms with van der Waals surface area (Å²) >= 11 is 0. The van der Waals surface area contributed by atoms with Crippen molar-refractivity contribution in [3.8, 4) is 11.8 Å². The van der Waals surface area contributed by atoms with E-state index in [-0.39, 0.29) is 13.2 Å². The number of ether oxygens (including phenoxy) is 2. The zero-order valence-corrected chi connectivity index (χ0v) is 16.3. The maximum absolute atomic E-state index is 12.4. The molecule has 8 nitrogen and oxygen atoms in total. The molecule has 0 aliphatic carbocycles. The lowest BCUT2D eigenvalue weighted by Crippen LogP contribution is -2.21. The zero-order valence-electron chi connectivity index (χ0n) is 16.3. The van der Waals surface area contributed by atoms with E-state index in [2.05, 4.69) is 5.32 Å². The Morgan fingerprint density at radius 1 is 1.17 bits per heavy atom. The fraction of sp³-hybridized carbons (Fsp3) is 0.227. The Hall–Kier alpha value is -3.83. The van der Waals surface area contributed by atoms with Crippen molar-refractivity contribution < 1.29 is 29.3 Å². The van der Waals surface area contributed by atoms with Crippen molar-refractivity contribution in [2.24, 2.45) is 5.92 Å². The molecule has 0 heterocycles. The highest BCUT2D eigenvalue weighted by Gasteiger charge is 2.22. The predicted molar refractivity (Wildman–Crippen MR) is 109 cm³/mol. The number of amides is 1. The zero-order chi connectivity index (χ0) is 21.9. The van der Waals surface area contributed by atoms with E-state index in [1.54, 1.807) is 55.5 Å². The number of carboxylic acids is 1. The van der Waals surface area contributed by atoms with E-state index in [0.717, 1.165) is 6.08 Å². The lowest BCUT2D eigenvalue weighted by atomic mass is 9.96. The minimum absolute atomic E-state index is 0.111. The molecule has 3 N–H and O–H groups in total. The van der Waals surface area contributed by atoms with Gasteiger partial charge in [0.25, 0.3) is 0 Å². The van der Waals surface area contributed by atoms with Crippen molar-refractivity contribution in [3.05, 3.63) is 71.8 Å². The van der Waals surface area contributed by atoms with Crippen LogP contribution in [0.1, 0.15) is 24.2 Å². The van der Waals surface area contributed by atoms with Crippen LogP contribution >= 0.6 is 0 Å². The minimum Gasteiger partial charge on any atom is -0.491 e. The van der Waals surface area contributed by atoms with Gasteiger partial charge in [0.15, 0.2) is 0 Å². The second-order valence-electron chi connectivity index (χ2n) is 6.34. The summed E-state index contributed by atoms with van der Waals surface area (Å²) in [6, 6.07) is 15.0. The first kappa shape index (κ1) is 22.5. The largest absolute Gasteiger partial charge is 0.491 e. The van der Waals surface area contributed by atoms with E-state index < -0.39 is 24.1 Å². The maximum atomic E-state index is 12.4. The number of aliphatic hydroxyl groups is 1. The van der Waals surface area contributed by atoms with Crippen molar-refractivity contribution in [3.63, 3.8) is 0 Å². The first-order valence-electron chi connectivity index (χ1n) is 9.15. The topological polar surface area (TPSA) is 129 Å². The number of carbonyl (C=O) groups excluding carboxylic acids is 1. The van der Waals surface area contributed by atoms with Crippen molar-refractivity contribution in [2.75, 3.05) is 18.5 Å².